The van der Waals surface area contributed by atoms with Gasteiger partial charge in [-0.25, -0.2) is 8.78 Å². The second-order valence-electron chi connectivity index (χ2n) is 7.94. The molecule has 0 saturated carbocycles. The Kier molecular flexibility index (Phi) is 6.06. The predicted octanol–water partition coefficient (Wildman–Crippen LogP) is 5.74. The van der Waals surface area contributed by atoms with Gasteiger partial charge in [-0.2, -0.15) is 0 Å². The van der Waals surface area contributed by atoms with E-state index in [-0.39, 0.29) is 23.5 Å². The summed E-state index contributed by atoms with van der Waals surface area (Å²) in [6.07, 6.45) is -0.0600. The molecule has 0 spiro atoms. The van der Waals surface area contributed by atoms with Crippen molar-refractivity contribution in [3.05, 3.63) is 70.2 Å². The molecule has 1 heterocycles. The highest BCUT2D eigenvalue weighted by Crippen LogP contribution is 2.44. The molecule has 1 aliphatic heterocycles. The number of hydrogen-bond donors (Lipinski definition) is 1. The van der Waals surface area contributed by atoms with Crippen LogP contribution < -0.4 is 5.32 Å². The van der Waals surface area contributed by atoms with Gasteiger partial charge in [-0.15, -0.1) is 0 Å². The van der Waals surface area contributed by atoms with Gasteiger partial charge in [-0.1, -0.05) is 43.6 Å². The quantitative estimate of drug-likeness (QED) is 0.701. The molecule has 3 rings (SSSR count). The fourth-order valence-electron chi connectivity index (χ4n) is 3.56. The molecule has 0 radical (unpaired) electrons. The molecule has 150 valence electrons. The van der Waals surface area contributed by atoms with Crippen molar-refractivity contribution in [1.29, 1.82) is 0 Å². The lowest BCUT2D eigenvalue weighted by molar-refractivity contribution is -0.131. The highest BCUT2D eigenvalue weighted by atomic mass is 35.5. The molecule has 2 aromatic carbocycles. The van der Waals surface area contributed by atoms with E-state index in [4.69, 9.17) is 16.3 Å². The van der Waals surface area contributed by atoms with E-state index in [1.807, 2.05) is 32.9 Å². The van der Waals surface area contributed by atoms with Crippen LogP contribution in [0.25, 0.3) is 0 Å². The Morgan fingerprint density at radius 1 is 1.14 bits per heavy atom. The van der Waals surface area contributed by atoms with Crippen molar-refractivity contribution in [2.24, 2.45) is 5.92 Å². The zero-order valence-corrected chi connectivity index (χ0v) is 16.9. The monoisotopic (exact) mass is 407 g/mol. The first-order valence-electron chi connectivity index (χ1n) is 9.35. The number of carbonyl (C=O) groups excluding carboxylic acids is 1. The Balaban J connectivity index is 1.95. The molecular formula is C22H24ClF2NO2. The Labute approximate surface area is 169 Å². The molecule has 1 fully saturated rings. The summed E-state index contributed by atoms with van der Waals surface area (Å²) in [5.74, 6) is -1.53. The van der Waals surface area contributed by atoms with Crippen molar-refractivity contribution in [2.75, 3.05) is 0 Å². The van der Waals surface area contributed by atoms with E-state index < -0.39 is 23.3 Å². The van der Waals surface area contributed by atoms with Crippen LogP contribution in [0.3, 0.4) is 0 Å². The summed E-state index contributed by atoms with van der Waals surface area (Å²) in [5, 5.41) is 3.70. The molecule has 1 aliphatic rings. The molecule has 2 aromatic rings. The number of carbonyl (C=O) groups is 1. The maximum atomic E-state index is 14.4. The first-order chi connectivity index (χ1) is 13.2. The fourth-order valence-corrected chi connectivity index (χ4v) is 3.69. The molecule has 0 aromatic heterocycles. The van der Waals surface area contributed by atoms with Crippen LogP contribution in [0.1, 0.15) is 56.9 Å². The third-order valence-electron chi connectivity index (χ3n) is 5.10. The third kappa shape index (κ3) is 4.70. The van der Waals surface area contributed by atoms with E-state index in [9.17, 15) is 13.6 Å². The maximum Gasteiger partial charge on any atom is 0.222 e. The van der Waals surface area contributed by atoms with Crippen LogP contribution in [0.15, 0.2) is 42.5 Å². The van der Waals surface area contributed by atoms with Crippen LogP contribution >= 0.6 is 11.6 Å². The van der Waals surface area contributed by atoms with E-state index in [0.29, 0.717) is 17.9 Å². The van der Waals surface area contributed by atoms with E-state index in [0.717, 1.165) is 11.6 Å². The topological polar surface area (TPSA) is 38.3 Å². The van der Waals surface area contributed by atoms with Gasteiger partial charge in [-0.05, 0) is 30.7 Å². The summed E-state index contributed by atoms with van der Waals surface area (Å²) >= 11 is 5.99. The van der Waals surface area contributed by atoms with E-state index in [1.165, 1.54) is 12.1 Å². The second kappa shape index (κ2) is 8.18. The Morgan fingerprint density at radius 3 is 2.39 bits per heavy atom. The lowest BCUT2D eigenvalue weighted by Gasteiger charge is -2.43. The van der Waals surface area contributed by atoms with Crippen molar-refractivity contribution in [3.8, 4) is 0 Å². The number of amides is 1. The molecule has 3 atom stereocenters. The van der Waals surface area contributed by atoms with Crippen molar-refractivity contribution in [2.45, 2.75) is 51.4 Å². The zero-order valence-electron chi connectivity index (χ0n) is 16.1. The molecule has 3 nitrogen and oxygen atoms in total. The highest BCUT2D eigenvalue weighted by Gasteiger charge is 2.41. The summed E-state index contributed by atoms with van der Waals surface area (Å²) in [6, 6.07) is 10.7. The number of hydrogen-bond acceptors (Lipinski definition) is 2. The lowest BCUT2D eigenvalue weighted by Crippen LogP contribution is -2.52. The predicted molar refractivity (Wildman–Crippen MR) is 105 cm³/mol. The molecule has 1 N–H and O–H groups in total. The van der Waals surface area contributed by atoms with E-state index in [1.54, 1.807) is 12.1 Å². The second-order valence-corrected chi connectivity index (χ2v) is 8.38. The minimum Gasteiger partial charge on any atom is -0.365 e. The standard InChI is InChI=1S/C22H24ClF2NO2/c1-13(2)21(27)26-22(3)11-19(14-4-6-15(23)7-5-14)28-20(12-22)17-9-8-16(24)10-18(17)25/h4-10,13,19-20H,11-12H2,1-3H3,(H,26,27)/t19-,20+,22-/m0/s1. The van der Waals surface area contributed by atoms with Gasteiger partial charge in [0.25, 0.3) is 0 Å². The van der Waals surface area contributed by atoms with Crippen LogP contribution in [0.4, 0.5) is 8.78 Å². The minimum atomic E-state index is -0.653. The normalized spacial score (nSPS) is 25.0. The average molecular weight is 408 g/mol. The van der Waals surface area contributed by atoms with Gasteiger partial charge in [0.1, 0.15) is 11.6 Å². The largest absolute Gasteiger partial charge is 0.365 e. The van der Waals surface area contributed by atoms with Crippen molar-refractivity contribution in [3.63, 3.8) is 0 Å². The van der Waals surface area contributed by atoms with Crippen LogP contribution in [0.2, 0.25) is 5.02 Å². The van der Waals surface area contributed by atoms with Crippen LogP contribution in [-0.4, -0.2) is 11.4 Å². The summed E-state index contributed by atoms with van der Waals surface area (Å²) in [4.78, 5) is 12.4. The summed E-state index contributed by atoms with van der Waals surface area (Å²) in [5.41, 5.74) is 0.571. The Morgan fingerprint density at radius 2 is 1.79 bits per heavy atom. The molecule has 0 aliphatic carbocycles. The van der Waals surface area contributed by atoms with E-state index in [2.05, 4.69) is 5.32 Å². The maximum absolute atomic E-state index is 14.4. The number of ether oxygens (including phenoxy) is 1. The SMILES string of the molecule is CC(C)C(=O)N[C@@]1(C)C[C@@H](c2ccc(Cl)cc2)O[C@@H](c2ccc(F)cc2F)C1. The molecule has 28 heavy (non-hydrogen) atoms. The van der Waals surface area contributed by atoms with Crippen molar-refractivity contribution in [1.82, 2.24) is 5.32 Å². The number of benzene rings is 2. The summed E-state index contributed by atoms with van der Waals surface area (Å²) in [7, 11) is 0. The average Bonchev–Trinajstić information content (AvgIpc) is 2.61. The van der Waals surface area contributed by atoms with Crippen molar-refractivity contribution < 1.29 is 18.3 Å². The van der Waals surface area contributed by atoms with Gasteiger partial charge < -0.3 is 10.1 Å². The smallest absolute Gasteiger partial charge is 0.222 e. The lowest BCUT2D eigenvalue weighted by atomic mass is 9.81. The van der Waals surface area contributed by atoms with Gasteiger partial charge in [0.15, 0.2) is 0 Å². The zero-order chi connectivity index (χ0) is 20.5. The van der Waals surface area contributed by atoms with Gasteiger partial charge in [0, 0.05) is 41.0 Å². The summed E-state index contributed by atoms with van der Waals surface area (Å²) < 4.78 is 34.0. The van der Waals surface area contributed by atoms with Crippen LogP contribution in [0, 0.1) is 17.6 Å². The van der Waals surface area contributed by atoms with Gasteiger partial charge in [0.2, 0.25) is 5.91 Å². The van der Waals surface area contributed by atoms with Crippen LogP contribution in [-0.2, 0) is 9.53 Å². The highest BCUT2D eigenvalue weighted by molar-refractivity contribution is 6.30. The summed E-state index contributed by atoms with van der Waals surface area (Å²) in [6.45, 7) is 5.59. The van der Waals surface area contributed by atoms with Crippen LogP contribution in [0.5, 0.6) is 0 Å². The third-order valence-corrected chi connectivity index (χ3v) is 5.35. The number of halogens is 3. The van der Waals surface area contributed by atoms with Gasteiger partial charge in [0.05, 0.1) is 12.2 Å². The Hall–Kier alpha value is -1.98. The fraction of sp³-hybridized carbons (Fsp3) is 0.409. The molecule has 0 unspecified atom stereocenters. The molecule has 6 heteroatoms. The first kappa shape index (κ1) is 20.7. The first-order valence-corrected chi connectivity index (χ1v) is 9.72. The molecular weight excluding hydrogens is 384 g/mol. The Bertz CT molecular complexity index is 856. The van der Waals surface area contributed by atoms with E-state index >= 15 is 0 Å². The molecule has 0 bridgehead atoms. The van der Waals surface area contributed by atoms with Gasteiger partial charge in [-0.3, -0.25) is 4.79 Å². The molecule has 1 amide bonds. The van der Waals surface area contributed by atoms with Crippen molar-refractivity contribution >= 4 is 17.5 Å². The number of rotatable bonds is 4. The minimum absolute atomic E-state index is 0.0717. The number of nitrogens with one attached hydrogen (secondary N) is 1. The van der Waals surface area contributed by atoms with Gasteiger partial charge >= 0.3 is 0 Å². The molecule has 1 saturated heterocycles.